The van der Waals surface area contributed by atoms with Crippen LogP contribution in [0, 0.1) is 0 Å². The summed E-state index contributed by atoms with van der Waals surface area (Å²) in [4.78, 5) is 26.6. The van der Waals surface area contributed by atoms with Crippen LogP contribution in [0.4, 0.5) is 5.69 Å². The smallest absolute Gasteiger partial charge is 0.335 e. The average molecular weight is 301 g/mol. The number of rotatable bonds is 3. The Morgan fingerprint density at radius 2 is 1.90 bits per heavy atom. The fraction of sp³-hybridized carbons (Fsp3) is 0. The van der Waals surface area contributed by atoms with Gasteiger partial charge in [0.25, 0.3) is 5.91 Å². The van der Waals surface area contributed by atoms with Gasteiger partial charge in [0.15, 0.2) is 5.11 Å². The highest BCUT2D eigenvalue weighted by Gasteiger charge is 2.08. The Morgan fingerprint density at radius 3 is 2.57 bits per heavy atom. The van der Waals surface area contributed by atoms with Crippen molar-refractivity contribution >= 4 is 34.9 Å². The van der Waals surface area contributed by atoms with Crippen molar-refractivity contribution in [3.05, 3.63) is 59.9 Å². The minimum absolute atomic E-state index is 0.0754. The number of nitrogens with one attached hydrogen (secondary N) is 2. The van der Waals surface area contributed by atoms with Gasteiger partial charge in [-0.2, -0.15) is 0 Å². The minimum Gasteiger partial charge on any atom is -0.478 e. The van der Waals surface area contributed by atoms with Crippen LogP contribution < -0.4 is 10.6 Å². The number of hydrogen-bond donors (Lipinski definition) is 3. The molecule has 2 aromatic rings. The van der Waals surface area contributed by atoms with Gasteiger partial charge in [0.05, 0.1) is 11.1 Å². The topological polar surface area (TPSA) is 91.3 Å². The van der Waals surface area contributed by atoms with E-state index >= 15 is 0 Å². The molecule has 0 saturated heterocycles. The van der Waals surface area contributed by atoms with E-state index in [0.29, 0.717) is 11.3 Å². The summed E-state index contributed by atoms with van der Waals surface area (Å²) in [6.45, 7) is 0. The van der Waals surface area contributed by atoms with Gasteiger partial charge < -0.3 is 10.4 Å². The molecule has 0 saturated carbocycles. The first kappa shape index (κ1) is 14.6. The summed E-state index contributed by atoms with van der Waals surface area (Å²) in [6.07, 6.45) is 2.98. The molecule has 1 amide bonds. The van der Waals surface area contributed by atoms with E-state index in [1.54, 1.807) is 30.5 Å². The normalized spacial score (nSPS) is 9.71. The third-order valence-electron chi connectivity index (χ3n) is 2.52. The van der Waals surface area contributed by atoms with Gasteiger partial charge in [-0.05, 0) is 42.5 Å². The second-order valence-corrected chi connectivity index (χ2v) is 4.44. The van der Waals surface area contributed by atoms with Crippen LogP contribution in [0.1, 0.15) is 20.7 Å². The molecule has 0 aliphatic carbocycles. The predicted octanol–water partition coefficient (Wildman–Crippen LogP) is 1.91. The third kappa shape index (κ3) is 4.08. The Morgan fingerprint density at radius 1 is 1.14 bits per heavy atom. The molecule has 1 aromatic heterocycles. The van der Waals surface area contributed by atoms with Crippen molar-refractivity contribution in [3.8, 4) is 0 Å². The highest BCUT2D eigenvalue weighted by atomic mass is 32.1. The van der Waals surface area contributed by atoms with Crippen molar-refractivity contribution in [1.29, 1.82) is 0 Å². The summed E-state index contributed by atoms with van der Waals surface area (Å²) in [5.74, 6) is -1.43. The summed E-state index contributed by atoms with van der Waals surface area (Å²) in [7, 11) is 0. The summed E-state index contributed by atoms with van der Waals surface area (Å²) in [5.41, 5.74) is 0.980. The van der Waals surface area contributed by atoms with Crippen LogP contribution >= 0.6 is 12.2 Å². The monoisotopic (exact) mass is 301 g/mol. The average Bonchev–Trinajstić information content (AvgIpc) is 2.48. The molecular weight excluding hydrogens is 290 g/mol. The summed E-state index contributed by atoms with van der Waals surface area (Å²) in [5, 5.41) is 14.2. The number of carbonyl (C=O) groups excluding carboxylic acids is 1. The standard InChI is InChI=1S/C14H11N3O3S/c18-12(10-4-2-6-15-8-10)17-14(21)16-11-5-1-3-9(7-11)13(19)20/h1-8H,(H,19,20)(H2,16,17,18,21). The molecule has 1 aromatic carbocycles. The molecule has 0 spiro atoms. The molecule has 3 N–H and O–H groups in total. The van der Waals surface area contributed by atoms with E-state index in [0.717, 1.165) is 0 Å². The second-order valence-electron chi connectivity index (χ2n) is 4.04. The maximum absolute atomic E-state index is 11.8. The first-order valence-electron chi connectivity index (χ1n) is 5.92. The SMILES string of the molecule is O=C(O)c1cccc(NC(=S)NC(=O)c2cccnc2)c1. The van der Waals surface area contributed by atoms with Crippen LogP contribution in [0.25, 0.3) is 0 Å². The second kappa shape index (κ2) is 6.58. The van der Waals surface area contributed by atoms with E-state index in [2.05, 4.69) is 15.6 Å². The highest BCUT2D eigenvalue weighted by molar-refractivity contribution is 7.80. The quantitative estimate of drug-likeness (QED) is 0.750. The van der Waals surface area contributed by atoms with E-state index in [1.165, 1.54) is 18.3 Å². The lowest BCUT2D eigenvalue weighted by Crippen LogP contribution is -2.34. The van der Waals surface area contributed by atoms with Crippen LogP contribution in [0.3, 0.4) is 0 Å². The lowest BCUT2D eigenvalue weighted by atomic mass is 10.2. The number of aromatic nitrogens is 1. The molecular formula is C14H11N3O3S. The van der Waals surface area contributed by atoms with E-state index in [4.69, 9.17) is 17.3 Å². The fourth-order valence-electron chi connectivity index (χ4n) is 1.56. The van der Waals surface area contributed by atoms with Crippen molar-refractivity contribution in [2.24, 2.45) is 0 Å². The molecule has 21 heavy (non-hydrogen) atoms. The number of carboxylic acids is 1. The number of pyridine rings is 1. The van der Waals surface area contributed by atoms with Gasteiger partial charge in [0.2, 0.25) is 0 Å². The zero-order valence-electron chi connectivity index (χ0n) is 10.7. The number of anilines is 1. The number of thiocarbonyl (C=S) groups is 1. The van der Waals surface area contributed by atoms with Crippen LogP contribution in [-0.4, -0.2) is 27.1 Å². The molecule has 0 radical (unpaired) electrons. The minimum atomic E-state index is -1.04. The summed E-state index contributed by atoms with van der Waals surface area (Å²) >= 11 is 5.01. The third-order valence-corrected chi connectivity index (χ3v) is 2.72. The largest absolute Gasteiger partial charge is 0.478 e. The number of benzene rings is 1. The number of carbonyl (C=O) groups is 2. The Kier molecular flexibility index (Phi) is 4.57. The fourth-order valence-corrected chi connectivity index (χ4v) is 1.78. The number of nitrogens with zero attached hydrogens (tertiary/aromatic N) is 1. The molecule has 0 unspecified atom stereocenters. The molecule has 0 aliphatic heterocycles. The Labute approximate surface area is 125 Å². The van der Waals surface area contributed by atoms with Gasteiger partial charge in [0.1, 0.15) is 0 Å². The lowest BCUT2D eigenvalue weighted by Gasteiger charge is -2.09. The number of amides is 1. The first-order chi connectivity index (χ1) is 10.1. The molecule has 0 aliphatic rings. The van der Waals surface area contributed by atoms with Crippen LogP contribution in [0.2, 0.25) is 0 Å². The van der Waals surface area contributed by atoms with Gasteiger partial charge in [-0.1, -0.05) is 6.07 Å². The Balaban J connectivity index is 2.00. The number of hydrogen-bond acceptors (Lipinski definition) is 4. The Hall–Kier alpha value is -2.80. The maximum atomic E-state index is 11.8. The first-order valence-corrected chi connectivity index (χ1v) is 6.33. The molecule has 2 rings (SSSR count). The van der Waals surface area contributed by atoms with Crippen LogP contribution in [0.15, 0.2) is 48.8 Å². The number of carboxylic acid groups (broad SMARTS) is 1. The molecule has 0 fully saturated rings. The highest BCUT2D eigenvalue weighted by Crippen LogP contribution is 2.10. The molecule has 0 atom stereocenters. The van der Waals surface area contributed by atoms with E-state index in [9.17, 15) is 9.59 Å². The molecule has 106 valence electrons. The molecule has 7 heteroatoms. The molecule has 6 nitrogen and oxygen atoms in total. The number of aromatic carboxylic acids is 1. The van der Waals surface area contributed by atoms with Crippen molar-refractivity contribution < 1.29 is 14.7 Å². The zero-order chi connectivity index (χ0) is 15.2. The molecule has 0 bridgehead atoms. The van der Waals surface area contributed by atoms with Gasteiger partial charge in [0, 0.05) is 18.1 Å². The van der Waals surface area contributed by atoms with Gasteiger partial charge in [-0.15, -0.1) is 0 Å². The zero-order valence-corrected chi connectivity index (χ0v) is 11.6. The van der Waals surface area contributed by atoms with E-state index in [1.807, 2.05) is 0 Å². The van der Waals surface area contributed by atoms with Crippen molar-refractivity contribution in [2.45, 2.75) is 0 Å². The lowest BCUT2D eigenvalue weighted by molar-refractivity contribution is 0.0696. The van der Waals surface area contributed by atoms with Gasteiger partial charge >= 0.3 is 5.97 Å². The van der Waals surface area contributed by atoms with Crippen molar-refractivity contribution in [3.63, 3.8) is 0 Å². The van der Waals surface area contributed by atoms with E-state index in [-0.39, 0.29) is 10.7 Å². The maximum Gasteiger partial charge on any atom is 0.335 e. The predicted molar refractivity (Wildman–Crippen MR) is 81.3 cm³/mol. The summed E-state index contributed by atoms with van der Waals surface area (Å²) < 4.78 is 0. The molecule has 1 heterocycles. The van der Waals surface area contributed by atoms with E-state index < -0.39 is 11.9 Å². The Bertz CT molecular complexity index is 689. The van der Waals surface area contributed by atoms with Crippen molar-refractivity contribution in [1.82, 2.24) is 10.3 Å². The van der Waals surface area contributed by atoms with Gasteiger partial charge in [-0.3, -0.25) is 15.1 Å². The van der Waals surface area contributed by atoms with Gasteiger partial charge in [-0.25, -0.2) is 4.79 Å². The van der Waals surface area contributed by atoms with Crippen LogP contribution in [-0.2, 0) is 0 Å². The summed E-state index contributed by atoms with van der Waals surface area (Å²) in [6, 6.07) is 9.36. The van der Waals surface area contributed by atoms with Crippen LogP contribution in [0.5, 0.6) is 0 Å². The van der Waals surface area contributed by atoms with Crippen molar-refractivity contribution in [2.75, 3.05) is 5.32 Å².